The first-order valence-electron chi connectivity index (χ1n) is 7.19. The lowest BCUT2D eigenvalue weighted by Gasteiger charge is -2.23. The first kappa shape index (κ1) is 17.9. The van der Waals surface area contributed by atoms with E-state index < -0.39 is 17.3 Å². The van der Waals surface area contributed by atoms with Crippen LogP contribution < -0.4 is 5.32 Å². The second-order valence-electron chi connectivity index (χ2n) is 5.35. The summed E-state index contributed by atoms with van der Waals surface area (Å²) in [6.07, 6.45) is 1.99. The van der Waals surface area contributed by atoms with Crippen molar-refractivity contribution in [2.75, 3.05) is 40.1 Å². The lowest BCUT2D eigenvalue weighted by Crippen LogP contribution is -2.46. The van der Waals surface area contributed by atoms with Crippen LogP contribution in [0.1, 0.15) is 26.2 Å². The molecule has 1 amide bonds. The molecule has 0 spiro atoms. The molecule has 0 radical (unpaired) electrons. The quantitative estimate of drug-likeness (QED) is 0.401. The Morgan fingerprint density at radius 3 is 2.24 bits per heavy atom. The predicted molar refractivity (Wildman–Crippen MR) is 75.0 cm³/mol. The summed E-state index contributed by atoms with van der Waals surface area (Å²) in [6.45, 7) is 3.44. The van der Waals surface area contributed by atoms with Gasteiger partial charge in [-0.15, -0.1) is 0 Å². The van der Waals surface area contributed by atoms with Gasteiger partial charge in [-0.3, -0.25) is 9.59 Å². The molecule has 0 saturated heterocycles. The largest absolute Gasteiger partial charge is 0.480 e. The van der Waals surface area contributed by atoms with Gasteiger partial charge < -0.3 is 24.6 Å². The van der Waals surface area contributed by atoms with Crippen LogP contribution in [0.5, 0.6) is 0 Å². The Kier molecular flexibility index (Phi) is 7.63. The molecule has 122 valence electrons. The molecule has 1 fully saturated rings. The Labute approximate surface area is 124 Å². The van der Waals surface area contributed by atoms with Crippen LogP contribution >= 0.6 is 0 Å². The van der Waals surface area contributed by atoms with Crippen molar-refractivity contribution in [3.8, 4) is 0 Å². The molecule has 0 heterocycles. The maximum absolute atomic E-state index is 12.0. The molecule has 1 aliphatic rings. The number of aliphatic carboxylic acids is 1. The molecule has 2 N–H and O–H groups in total. The number of rotatable bonds is 12. The van der Waals surface area contributed by atoms with Crippen LogP contribution in [-0.4, -0.2) is 63.2 Å². The molecule has 1 aliphatic carbocycles. The van der Waals surface area contributed by atoms with Crippen molar-refractivity contribution in [1.29, 1.82) is 0 Å². The zero-order valence-corrected chi connectivity index (χ0v) is 12.7. The number of carbonyl (C=O) groups excluding carboxylic acids is 1. The molecule has 1 unspecified atom stereocenters. The van der Waals surface area contributed by atoms with Gasteiger partial charge in [-0.1, -0.05) is 0 Å². The first-order chi connectivity index (χ1) is 10.0. The molecule has 0 bridgehead atoms. The van der Waals surface area contributed by atoms with E-state index in [4.69, 9.17) is 14.2 Å². The third kappa shape index (κ3) is 6.41. The maximum atomic E-state index is 12.0. The predicted octanol–water partition coefficient (Wildman–Crippen LogP) is 0.426. The molecule has 1 saturated carbocycles. The Bertz CT molecular complexity index is 344. The van der Waals surface area contributed by atoms with Gasteiger partial charge in [-0.2, -0.15) is 0 Å². The number of hydrogen-bond donors (Lipinski definition) is 2. The SMILES string of the molecule is COCCOCCOCCC(C)(C(=O)O)C(=O)NC1CC1. The number of ether oxygens (including phenoxy) is 3. The van der Waals surface area contributed by atoms with E-state index in [-0.39, 0.29) is 19.1 Å². The summed E-state index contributed by atoms with van der Waals surface area (Å²) >= 11 is 0. The number of amides is 1. The summed E-state index contributed by atoms with van der Waals surface area (Å²) in [5, 5.41) is 12.0. The molecular formula is C14H25NO6. The fraction of sp³-hybridized carbons (Fsp3) is 0.857. The van der Waals surface area contributed by atoms with Crippen molar-refractivity contribution in [1.82, 2.24) is 5.32 Å². The Morgan fingerprint density at radius 1 is 1.14 bits per heavy atom. The minimum absolute atomic E-state index is 0.138. The van der Waals surface area contributed by atoms with E-state index in [0.29, 0.717) is 26.4 Å². The van der Waals surface area contributed by atoms with Crippen molar-refractivity contribution >= 4 is 11.9 Å². The highest BCUT2D eigenvalue weighted by Gasteiger charge is 2.42. The number of hydrogen-bond acceptors (Lipinski definition) is 5. The standard InChI is InChI=1S/C14H25NO6/c1-14(13(17)18,12(16)15-11-3-4-11)5-6-20-9-10-21-8-7-19-2/h11H,3-10H2,1-2H3,(H,15,16)(H,17,18). The average molecular weight is 303 g/mol. The molecule has 7 nitrogen and oxygen atoms in total. The molecule has 7 heteroatoms. The van der Waals surface area contributed by atoms with Crippen LogP contribution in [0.25, 0.3) is 0 Å². The lowest BCUT2D eigenvalue weighted by molar-refractivity contribution is -0.156. The van der Waals surface area contributed by atoms with E-state index in [9.17, 15) is 14.7 Å². The summed E-state index contributed by atoms with van der Waals surface area (Å²) in [4.78, 5) is 23.4. The minimum Gasteiger partial charge on any atom is -0.480 e. The summed E-state index contributed by atoms with van der Waals surface area (Å²) in [6, 6.07) is 0.145. The summed E-state index contributed by atoms with van der Waals surface area (Å²) in [5.41, 5.74) is -1.44. The van der Waals surface area contributed by atoms with E-state index in [0.717, 1.165) is 12.8 Å². The Hall–Kier alpha value is -1.18. The first-order valence-corrected chi connectivity index (χ1v) is 7.19. The van der Waals surface area contributed by atoms with Crippen molar-refractivity contribution in [3.05, 3.63) is 0 Å². The van der Waals surface area contributed by atoms with Crippen LogP contribution in [0.3, 0.4) is 0 Å². The molecule has 0 aromatic heterocycles. The van der Waals surface area contributed by atoms with Crippen molar-refractivity contribution in [3.63, 3.8) is 0 Å². The van der Waals surface area contributed by atoms with Crippen LogP contribution in [0.15, 0.2) is 0 Å². The van der Waals surface area contributed by atoms with Gasteiger partial charge >= 0.3 is 5.97 Å². The number of nitrogens with one attached hydrogen (secondary N) is 1. The van der Waals surface area contributed by atoms with E-state index in [1.54, 1.807) is 7.11 Å². The Balaban J connectivity index is 2.21. The summed E-state index contributed by atoms with van der Waals surface area (Å²) in [5.74, 6) is -1.56. The van der Waals surface area contributed by atoms with E-state index in [2.05, 4.69) is 5.32 Å². The molecule has 0 aromatic rings. The molecule has 0 aromatic carbocycles. The van der Waals surface area contributed by atoms with Crippen LogP contribution in [-0.2, 0) is 23.8 Å². The zero-order valence-electron chi connectivity index (χ0n) is 12.7. The van der Waals surface area contributed by atoms with Crippen LogP contribution in [0.4, 0.5) is 0 Å². The molecule has 0 aliphatic heterocycles. The van der Waals surface area contributed by atoms with Gasteiger partial charge in [0.05, 0.1) is 26.4 Å². The fourth-order valence-corrected chi connectivity index (χ4v) is 1.63. The normalized spacial score (nSPS) is 17.2. The fourth-order valence-electron chi connectivity index (χ4n) is 1.63. The molecule has 1 rings (SSSR count). The van der Waals surface area contributed by atoms with E-state index in [1.807, 2.05) is 0 Å². The monoisotopic (exact) mass is 303 g/mol. The van der Waals surface area contributed by atoms with Gasteiger partial charge in [0.2, 0.25) is 5.91 Å². The van der Waals surface area contributed by atoms with Gasteiger partial charge in [-0.05, 0) is 26.2 Å². The lowest BCUT2D eigenvalue weighted by atomic mass is 9.86. The van der Waals surface area contributed by atoms with Crippen molar-refractivity contribution < 1.29 is 28.9 Å². The third-order valence-electron chi connectivity index (χ3n) is 3.44. The van der Waals surface area contributed by atoms with E-state index in [1.165, 1.54) is 6.92 Å². The number of carboxylic acids is 1. The second kappa shape index (κ2) is 8.96. The van der Waals surface area contributed by atoms with Gasteiger partial charge in [-0.25, -0.2) is 0 Å². The minimum atomic E-state index is -1.44. The average Bonchev–Trinajstić information content (AvgIpc) is 3.25. The van der Waals surface area contributed by atoms with Crippen molar-refractivity contribution in [2.45, 2.75) is 32.2 Å². The Morgan fingerprint density at radius 2 is 1.71 bits per heavy atom. The van der Waals surface area contributed by atoms with Crippen LogP contribution in [0, 0.1) is 5.41 Å². The van der Waals surface area contributed by atoms with Crippen molar-refractivity contribution in [2.24, 2.45) is 5.41 Å². The highest BCUT2D eigenvalue weighted by molar-refractivity contribution is 6.01. The topological polar surface area (TPSA) is 94.1 Å². The summed E-state index contributed by atoms with van der Waals surface area (Å²) in [7, 11) is 1.60. The molecule has 21 heavy (non-hydrogen) atoms. The van der Waals surface area contributed by atoms with Crippen LogP contribution in [0.2, 0.25) is 0 Å². The highest BCUT2D eigenvalue weighted by atomic mass is 16.5. The molecule has 1 atom stereocenters. The number of methoxy groups -OCH3 is 1. The molecular weight excluding hydrogens is 278 g/mol. The number of carbonyl (C=O) groups is 2. The van der Waals surface area contributed by atoms with Gasteiger partial charge in [0.1, 0.15) is 5.41 Å². The maximum Gasteiger partial charge on any atom is 0.319 e. The number of carboxylic acid groups (broad SMARTS) is 1. The smallest absolute Gasteiger partial charge is 0.319 e. The third-order valence-corrected chi connectivity index (χ3v) is 3.44. The van der Waals surface area contributed by atoms with Gasteiger partial charge in [0.25, 0.3) is 0 Å². The van der Waals surface area contributed by atoms with E-state index >= 15 is 0 Å². The van der Waals surface area contributed by atoms with Gasteiger partial charge in [0.15, 0.2) is 0 Å². The summed E-state index contributed by atoms with van der Waals surface area (Å²) < 4.78 is 15.4. The second-order valence-corrected chi connectivity index (χ2v) is 5.35. The van der Waals surface area contributed by atoms with Gasteiger partial charge in [0, 0.05) is 19.8 Å². The highest BCUT2D eigenvalue weighted by Crippen LogP contribution is 2.26. The zero-order chi connectivity index (χ0) is 15.7.